The van der Waals surface area contributed by atoms with E-state index in [1.165, 1.54) is 399 Å². The fourth-order valence-electron chi connectivity index (χ4n) is 11.1. The molecule has 0 saturated carbocycles. The lowest BCUT2D eigenvalue weighted by Crippen LogP contribution is -2.37. The van der Waals surface area contributed by atoms with E-state index in [1.807, 2.05) is 0 Å². The molecule has 2 heteroatoms. The third kappa shape index (κ3) is 58.5. The van der Waals surface area contributed by atoms with Crippen LogP contribution in [0.25, 0.3) is 0 Å². The molecular formula is C66H136N2. The van der Waals surface area contributed by atoms with Crippen LogP contribution in [0.3, 0.4) is 0 Å². The molecule has 0 aromatic carbocycles. The first-order chi connectivity index (χ1) is 33.8. The Hall–Kier alpha value is -0.0800. The van der Waals surface area contributed by atoms with Crippen LogP contribution >= 0.6 is 0 Å². The second-order valence-corrected chi connectivity index (χ2v) is 23.1. The third-order valence-corrected chi connectivity index (χ3v) is 16.0. The van der Waals surface area contributed by atoms with E-state index in [0.29, 0.717) is 0 Å². The van der Waals surface area contributed by atoms with E-state index in [4.69, 9.17) is 0 Å². The Morgan fingerprint density at radius 3 is 0.338 bits per heavy atom. The summed E-state index contributed by atoms with van der Waals surface area (Å²) in [6.45, 7) is 17.3. The van der Waals surface area contributed by atoms with Gasteiger partial charge in [-0.05, 0) is 51.9 Å². The van der Waals surface area contributed by atoms with Gasteiger partial charge in [0.15, 0.2) is 0 Å². The van der Waals surface area contributed by atoms with E-state index in [-0.39, 0.29) is 0 Å². The Balaban J connectivity index is 4.79. The van der Waals surface area contributed by atoms with Gasteiger partial charge in [-0.1, -0.05) is 362 Å². The highest BCUT2D eigenvalue weighted by atomic mass is 15.2. The van der Waals surface area contributed by atoms with E-state index in [2.05, 4.69) is 37.5 Å². The van der Waals surface area contributed by atoms with E-state index < -0.39 is 0 Å². The molecule has 0 saturated heterocycles. The van der Waals surface area contributed by atoms with Crippen molar-refractivity contribution in [1.29, 1.82) is 0 Å². The van der Waals surface area contributed by atoms with Crippen LogP contribution in [-0.4, -0.2) is 49.1 Å². The van der Waals surface area contributed by atoms with Crippen LogP contribution in [0.1, 0.15) is 387 Å². The zero-order valence-electron chi connectivity index (χ0n) is 48.7. The monoisotopic (exact) mass is 957 g/mol. The van der Waals surface area contributed by atoms with E-state index in [0.717, 1.165) is 0 Å². The SMILES string of the molecule is CCCCCCCCCCCCCCCCN(CCCCCCCCCCCCCCCC)CCN(CCCCCCCCCCCCCCCC)CCCCCCCCCCCCCCCC. The molecule has 0 bridgehead atoms. The summed E-state index contributed by atoms with van der Waals surface area (Å²) in [4.78, 5) is 5.87. The van der Waals surface area contributed by atoms with Crippen molar-refractivity contribution in [3.63, 3.8) is 0 Å². The number of rotatable bonds is 63. The molecule has 0 radical (unpaired) electrons. The first-order valence-corrected chi connectivity index (χ1v) is 33.2. The maximum Gasteiger partial charge on any atom is 0.0109 e. The van der Waals surface area contributed by atoms with E-state index in [9.17, 15) is 0 Å². The van der Waals surface area contributed by atoms with Crippen molar-refractivity contribution in [1.82, 2.24) is 9.80 Å². The van der Waals surface area contributed by atoms with Crippen molar-refractivity contribution in [2.45, 2.75) is 387 Å². The smallest absolute Gasteiger partial charge is 0.0109 e. The standard InChI is InChI=1S/C66H136N2/c1-5-9-13-17-21-25-29-33-37-41-45-49-53-57-61-67(62-58-54-50-46-42-38-34-30-26-22-18-14-10-6-2)65-66-68(63-59-55-51-47-43-39-35-31-27-23-19-15-11-7-3)64-60-56-52-48-44-40-36-32-28-24-20-16-12-8-4/h5-66H2,1-4H3. The quantitative estimate of drug-likeness (QED) is 0.0561. The van der Waals surface area contributed by atoms with Gasteiger partial charge in [0, 0.05) is 13.1 Å². The Labute approximate surface area is 434 Å². The van der Waals surface area contributed by atoms with Crippen molar-refractivity contribution in [2.75, 3.05) is 39.3 Å². The van der Waals surface area contributed by atoms with Crippen LogP contribution in [0.5, 0.6) is 0 Å². The first-order valence-electron chi connectivity index (χ1n) is 33.2. The summed E-state index contributed by atoms with van der Waals surface area (Å²) in [5.74, 6) is 0. The summed E-state index contributed by atoms with van der Waals surface area (Å²) in [5, 5.41) is 0. The van der Waals surface area contributed by atoms with Crippen LogP contribution in [0.4, 0.5) is 0 Å². The highest BCUT2D eigenvalue weighted by molar-refractivity contribution is 4.67. The first kappa shape index (κ1) is 67.9. The molecule has 0 aliphatic heterocycles. The van der Waals surface area contributed by atoms with Gasteiger partial charge in [0.1, 0.15) is 0 Å². The Morgan fingerprint density at radius 2 is 0.221 bits per heavy atom. The lowest BCUT2D eigenvalue weighted by Gasteiger charge is -2.28. The minimum absolute atomic E-state index is 1.31. The number of unbranched alkanes of at least 4 members (excludes halogenated alkanes) is 52. The highest BCUT2D eigenvalue weighted by Crippen LogP contribution is 2.18. The van der Waals surface area contributed by atoms with Crippen molar-refractivity contribution >= 4 is 0 Å². The summed E-state index contributed by atoms with van der Waals surface area (Å²) in [5.41, 5.74) is 0. The topological polar surface area (TPSA) is 6.48 Å². The maximum absolute atomic E-state index is 2.93. The zero-order valence-corrected chi connectivity index (χ0v) is 48.7. The molecular weight excluding hydrogens is 821 g/mol. The fraction of sp³-hybridized carbons (Fsp3) is 1.00. The van der Waals surface area contributed by atoms with Crippen LogP contribution < -0.4 is 0 Å². The molecule has 0 fully saturated rings. The summed E-state index contributed by atoms with van der Waals surface area (Å²) >= 11 is 0. The molecule has 0 spiro atoms. The Bertz CT molecular complexity index is 709. The molecule has 68 heavy (non-hydrogen) atoms. The van der Waals surface area contributed by atoms with Crippen molar-refractivity contribution in [2.24, 2.45) is 0 Å². The minimum atomic E-state index is 1.31. The van der Waals surface area contributed by atoms with E-state index in [1.54, 1.807) is 0 Å². The molecule has 0 amide bonds. The van der Waals surface area contributed by atoms with Crippen molar-refractivity contribution in [3.8, 4) is 0 Å². The van der Waals surface area contributed by atoms with Gasteiger partial charge in [0.2, 0.25) is 0 Å². The predicted molar refractivity (Wildman–Crippen MR) is 314 cm³/mol. The lowest BCUT2D eigenvalue weighted by molar-refractivity contribution is 0.192. The molecule has 0 atom stereocenters. The Kier molecular flexibility index (Phi) is 63.0. The number of hydrogen-bond donors (Lipinski definition) is 0. The zero-order chi connectivity index (χ0) is 49.0. The fourth-order valence-corrected chi connectivity index (χ4v) is 11.1. The van der Waals surface area contributed by atoms with Gasteiger partial charge in [0.25, 0.3) is 0 Å². The molecule has 0 N–H and O–H groups in total. The normalized spacial score (nSPS) is 11.9. The van der Waals surface area contributed by atoms with Crippen LogP contribution in [0.2, 0.25) is 0 Å². The molecule has 2 nitrogen and oxygen atoms in total. The van der Waals surface area contributed by atoms with Gasteiger partial charge in [-0.2, -0.15) is 0 Å². The summed E-state index contributed by atoms with van der Waals surface area (Å²) in [7, 11) is 0. The number of nitrogens with zero attached hydrogens (tertiary/aromatic N) is 2. The van der Waals surface area contributed by atoms with Gasteiger partial charge in [-0.3, -0.25) is 0 Å². The second kappa shape index (κ2) is 63.0. The average molecular weight is 958 g/mol. The molecule has 410 valence electrons. The predicted octanol–water partition coefficient (Wildman–Crippen LogP) is 23.5. The molecule has 0 rings (SSSR count). The van der Waals surface area contributed by atoms with Crippen LogP contribution in [0.15, 0.2) is 0 Å². The minimum Gasteiger partial charge on any atom is -0.302 e. The van der Waals surface area contributed by atoms with Gasteiger partial charge in [-0.15, -0.1) is 0 Å². The Morgan fingerprint density at radius 1 is 0.118 bits per heavy atom. The summed E-state index contributed by atoms with van der Waals surface area (Å²) < 4.78 is 0. The molecule has 0 aliphatic rings. The molecule has 0 unspecified atom stereocenters. The van der Waals surface area contributed by atoms with Gasteiger partial charge >= 0.3 is 0 Å². The number of hydrogen-bond acceptors (Lipinski definition) is 2. The highest BCUT2D eigenvalue weighted by Gasteiger charge is 2.11. The van der Waals surface area contributed by atoms with Gasteiger partial charge in [-0.25, -0.2) is 0 Å². The van der Waals surface area contributed by atoms with Crippen LogP contribution in [0, 0.1) is 0 Å². The van der Waals surface area contributed by atoms with Crippen molar-refractivity contribution in [3.05, 3.63) is 0 Å². The van der Waals surface area contributed by atoms with Crippen LogP contribution in [-0.2, 0) is 0 Å². The average Bonchev–Trinajstić information content (AvgIpc) is 3.35. The molecule has 0 aromatic rings. The molecule has 0 aromatic heterocycles. The second-order valence-electron chi connectivity index (χ2n) is 23.1. The lowest BCUT2D eigenvalue weighted by atomic mass is 10.0. The summed E-state index contributed by atoms with van der Waals surface area (Å²) in [6, 6.07) is 0. The third-order valence-electron chi connectivity index (χ3n) is 16.0. The largest absolute Gasteiger partial charge is 0.302 e. The maximum atomic E-state index is 2.93. The van der Waals surface area contributed by atoms with Gasteiger partial charge < -0.3 is 9.80 Å². The summed E-state index contributed by atoms with van der Waals surface area (Å²) in [6.07, 6.45) is 81.8. The molecule has 0 aliphatic carbocycles. The molecule has 0 heterocycles. The van der Waals surface area contributed by atoms with Gasteiger partial charge in [0.05, 0.1) is 0 Å². The van der Waals surface area contributed by atoms with E-state index >= 15 is 0 Å². The van der Waals surface area contributed by atoms with Crippen molar-refractivity contribution < 1.29 is 0 Å².